The molecule has 134 valence electrons. The fourth-order valence-electron chi connectivity index (χ4n) is 3.36. The summed E-state index contributed by atoms with van der Waals surface area (Å²) in [4.78, 5) is 21.6. The second-order valence-corrected chi connectivity index (χ2v) is 6.81. The highest BCUT2D eigenvalue weighted by Crippen LogP contribution is 2.41. The van der Waals surface area contributed by atoms with Gasteiger partial charge in [-0.2, -0.15) is 5.10 Å². The number of anilines is 1. The monoisotopic (exact) mass is 358 g/mol. The van der Waals surface area contributed by atoms with Crippen molar-refractivity contribution in [3.63, 3.8) is 0 Å². The first-order valence-corrected chi connectivity index (χ1v) is 8.92. The zero-order chi connectivity index (χ0) is 18.4. The van der Waals surface area contributed by atoms with Gasteiger partial charge >= 0.3 is 0 Å². The van der Waals surface area contributed by atoms with Gasteiger partial charge in [0.05, 0.1) is 29.1 Å². The number of aromatic nitrogens is 5. The zero-order valence-electron chi connectivity index (χ0n) is 14.8. The van der Waals surface area contributed by atoms with Crippen LogP contribution in [0, 0.1) is 0 Å². The number of nitrogens with one attached hydrogen (secondary N) is 1. The van der Waals surface area contributed by atoms with E-state index in [4.69, 9.17) is 0 Å². The third kappa shape index (κ3) is 2.77. The fourth-order valence-corrected chi connectivity index (χ4v) is 3.36. The Morgan fingerprint density at radius 2 is 1.96 bits per heavy atom. The Morgan fingerprint density at radius 3 is 2.74 bits per heavy atom. The number of carbonyl (C=O) groups excluding carboxylic acids is 1. The second-order valence-electron chi connectivity index (χ2n) is 6.81. The Morgan fingerprint density at radius 1 is 1.11 bits per heavy atom. The predicted molar refractivity (Wildman–Crippen MR) is 102 cm³/mol. The van der Waals surface area contributed by atoms with Gasteiger partial charge in [0.25, 0.3) is 5.91 Å². The minimum atomic E-state index is -0.153. The van der Waals surface area contributed by atoms with Crippen molar-refractivity contribution in [1.82, 2.24) is 24.3 Å². The lowest BCUT2D eigenvalue weighted by Gasteiger charge is -2.09. The molecular formula is C20H18N6O. The highest BCUT2D eigenvalue weighted by Gasteiger charge is 2.30. The van der Waals surface area contributed by atoms with E-state index in [0.717, 1.165) is 35.3 Å². The van der Waals surface area contributed by atoms with E-state index in [1.54, 1.807) is 30.5 Å². The second kappa shape index (κ2) is 6.05. The molecular weight excluding hydrogens is 340 g/mol. The molecule has 1 amide bonds. The van der Waals surface area contributed by atoms with E-state index < -0.39 is 0 Å². The van der Waals surface area contributed by atoms with Gasteiger partial charge in [0.15, 0.2) is 0 Å². The molecule has 1 saturated carbocycles. The van der Waals surface area contributed by atoms with E-state index in [1.807, 2.05) is 41.0 Å². The molecule has 0 bridgehead atoms. The van der Waals surface area contributed by atoms with Gasteiger partial charge in [-0.3, -0.25) is 14.0 Å². The summed E-state index contributed by atoms with van der Waals surface area (Å²) in [5.74, 6) is 1.06. The van der Waals surface area contributed by atoms with E-state index in [1.165, 1.54) is 0 Å². The highest BCUT2D eigenvalue weighted by molar-refractivity contribution is 6.04. The van der Waals surface area contributed by atoms with Gasteiger partial charge in [-0.05, 0) is 43.0 Å². The number of aryl methyl sites for hydroxylation is 1. The molecule has 1 aromatic carbocycles. The summed E-state index contributed by atoms with van der Waals surface area (Å²) in [7, 11) is 1.80. The largest absolute Gasteiger partial charge is 0.319 e. The third-order valence-electron chi connectivity index (χ3n) is 4.91. The van der Waals surface area contributed by atoms with Gasteiger partial charge in [0.2, 0.25) is 0 Å². The number of rotatable bonds is 4. The van der Waals surface area contributed by atoms with Crippen LogP contribution in [0.15, 0.2) is 55.1 Å². The molecule has 3 aromatic heterocycles. The summed E-state index contributed by atoms with van der Waals surface area (Å²) >= 11 is 0. The number of amides is 1. The maximum atomic E-state index is 12.7. The van der Waals surface area contributed by atoms with Crippen molar-refractivity contribution in [1.29, 1.82) is 0 Å². The lowest BCUT2D eigenvalue weighted by Crippen LogP contribution is -2.18. The first kappa shape index (κ1) is 15.7. The van der Waals surface area contributed by atoms with Gasteiger partial charge in [-0.25, -0.2) is 9.97 Å². The number of imidazole rings is 1. The van der Waals surface area contributed by atoms with Crippen molar-refractivity contribution < 1.29 is 4.79 Å². The van der Waals surface area contributed by atoms with E-state index in [9.17, 15) is 4.79 Å². The average Bonchev–Trinajstić information content (AvgIpc) is 3.32. The van der Waals surface area contributed by atoms with Gasteiger partial charge in [0.1, 0.15) is 17.8 Å². The van der Waals surface area contributed by atoms with Crippen LogP contribution in [0.5, 0.6) is 0 Å². The van der Waals surface area contributed by atoms with Crippen LogP contribution in [0.4, 0.5) is 5.69 Å². The van der Waals surface area contributed by atoms with Gasteiger partial charge in [-0.15, -0.1) is 0 Å². The van der Waals surface area contributed by atoms with Crippen molar-refractivity contribution in [2.24, 2.45) is 7.05 Å². The summed E-state index contributed by atoms with van der Waals surface area (Å²) in [6, 6.07) is 11.6. The molecule has 0 unspecified atom stereocenters. The van der Waals surface area contributed by atoms with Crippen LogP contribution in [0.25, 0.3) is 16.9 Å². The Bertz CT molecular complexity index is 1140. The van der Waals surface area contributed by atoms with Crippen LogP contribution in [-0.2, 0) is 7.05 Å². The summed E-state index contributed by atoms with van der Waals surface area (Å²) in [6.07, 6.45) is 7.47. The number of hydrogen-bond donors (Lipinski definition) is 1. The van der Waals surface area contributed by atoms with Crippen LogP contribution >= 0.6 is 0 Å². The lowest BCUT2D eigenvalue weighted by molar-refractivity contribution is 0.101. The number of fused-ring (bicyclic) bond motifs is 1. The van der Waals surface area contributed by atoms with Crippen LogP contribution in [0.2, 0.25) is 0 Å². The molecule has 4 aromatic rings. The van der Waals surface area contributed by atoms with Gasteiger partial charge in [0, 0.05) is 12.6 Å². The maximum absolute atomic E-state index is 12.7. The van der Waals surface area contributed by atoms with Gasteiger partial charge in [-0.1, -0.05) is 12.1 Å². The van der Waals surface area contributed by atoms with Crippen molar-refractivity contribution >= 4 is 22.6 Å². The Kier molecular flexibility index (Phi) is 3.53. The van der Waals surface area contributed by atoms with Crippen LogP contribution in [0.1, 0.15) is 34.8 Å². The molecule has 27 heavy (non-hydrogen) atoms. The van der Waals surface area contributed by atoms with E-state index in [0.29, 0.717) is 17.3 Å². The van der Waals surface area contributed by atoms with E-state index in [2.05, 4.69) is 20.4 Å². The first-order valence-electron chi connectivity index (χ1n) is 8.92. The number of benzene rings is 1. The van der Waals surface area contributed by atoms with Crippen molar-refractivity contribution in [3.8, 4) is 5.82 Å². The summed E-state index contributed by atoms with van der Waals surface area (Å²) in [6.45, 7) is 0. The van der Waals surface area contributed by atoms with Crippen LogP contribution in [-0.4, -0.2) is 30.2 Å². The Hall–Kier alpha value is -3.48. The minimum absolute atomic E-state index is 0.153. The highest BCUT2D eigenvalue weighted by atomic mass is 16.2. The molecule has 3 heterocycles. The molecule has 0 spiro atoms. The minimum Gasteiger partial charge on any atom is -0.319 e. The maximum Gasteiger partial charge on any atom is 0.274 e. The normalized spacial score (nSPS) is 13.8. The number of pyridine rings is 1. The first-order chi connectivity index (χ1) is 13.2. The molecule has 1 aliphatic rings. The van der Waals surface area contributed by atoms with E-state index >= 15 is 0 Å². The number of carbonyl (C=O) groups is 1. The molecule has 0 aliphatic heterocycles. The predicted octanol–water partition coefficient (Wildman–Crippen LogP) is 3.28. The Labute approximate surface area is 155 Å². The number of hydrogen-bond acceptors (Lipinski definition) is 4. The summed E-state index contributed by atoms with van der Waals surface area (Å²) in [5, 5.41) is 7.18. The summed E-state index contributed by atoms with van der Waals surface area (Å²) < 4.78 is 3.57. The fraction of sp³-hybridized carbons (Fsp3) is 0.200. The van der Waals surface area contributed by atoms with Crippen molar-refractivity contribution in [2.45, 2.75) is 18.8 Å². The molecule has 7 nitrogen and oxygen atoms in total. The van der Waals surface area contributed by atoms with Crippen LogP contribution < -0.4 is 5.32 Å². The molecule has 1 aliphatic carbocycles. The molecule has 5 rings (SSSR count). The summed E-state index contributed by atoms with van der Waals surface area (Å²) in [5.41, 5.74) is 4.22. The molecule has 7 heteroatoms. The van der Waals surface area contributed by atoms with E-state index in [-0.39, 0.29) is 5.91 Å². The van der Waals surface area contributed by atoms with Gasteiger partial charge < -0.3 is 5.32 Å². The standard InChI is InChI=1S/C20H18N6O/c1-25-19(15(11-23-25)13-6-7-13)20(27)24-14-8-9-18(21-10-14)26-12-22-16-4-2-3-5-17(16)26/h2-5,8-13H,6-7H2,1H3,(H,24,27). The molecule has 1 fully saturated rings. The zero-order valence-corrected chi connectivity index (χ0v) is 14.8. The van der Waals surface area contributed by atoms with Crippen molar-refractivity contribution in [2.75, 3.05) is 5.32 Å². The number of nitrogens with zero attached hydrogens (tertiary/aromatic N) is 5. The topological polar surface area (TPSA) is 77.6 Å². The Balaban J connectivity index is 1.40. The quantitative estimate of drug-likeness (QED) is 0.607. The third-order valence-corrected chi connectivity index (χ3v) is 4.91. The molecule has 1 N–H and O–H groups in total. The molecule has 0 radical (unpaired) electrons. The smallest absolute Gasteiger partial charge is 0.274 e. The SMILES string of the molecule is Cn1ncc(C2CC2)c1C(=O)Nc1ccc(-n2cnc3ccccc32)nc1. The lowest BCUT2D eigenvalue weighted by atomic mass is 10.1. The molecule has 0 atom stereocenters. The number of para-hydroxylation sites is 2. The van der Waals surface area contributed by atoms with Crippen LogP contribution in [0.3, 0.4) is 0 Å². The molecule has 0 saturated heterocycles. The average molecular weight is 358 g/mol. The van der Waals surface area contributed by atoms with Crippen molar-refractivity contribution in [3.05, 3.63) is 66.4 Å².